The summed E-state index contributed by atoms with van der Waals surface area (Å²) >= 11 is 1.40. The zero-order valence-corrected chi connectivity index (χ0v) is 27.8. The molecule has 0 radical (unpaired) electrons. The van der Waals surface area contributed by atoms with E-state index < -0.39 is 55.0 Å². The molecule has 3 heterocycles. The van der Waals surface area contributed by atoms with Crippen LogP contribution in [0.2, 0.25) is 0 Å². The first-order valence-electron chi connectivity index (χ1n) is 13.1. The van der Waals surface area contributed by atoms with Crippen molar-refractivity contribution in [2.24, 2.45) is 0 Å². The summed E-state index contributed by atoms with van der Waals surface area (Å²) in [4.78, 5) is 80.0. The molecule has 3 aromatic heterocycles. The number of H-pyrrole nitrogens is 3. The molecule has 0 bridgehead atoms. The molecule has 3 aromatic rings. The van der Waals surface area contributed by atoms with Gasteiger partial charge in [0, 0.05) is 28.8 Å². The van der Waals surface area contributed by atoms with Crippen molar-refractivity contribution in [3.63, 3.8) is 0 Å². The number of ether oxygens (including phenoxy) is 6. The Hall–Kier alpha value is -5.75. The molecule has 0 aliphatic heterocycles. The predicted octanol–water partition coefficient (Wildman–Crippen LogP) is -0.530. The SMILES string of the molecule is C.COCCOc1nc(N)c([N+](=O)[O-])c(=O)[nH]1.COCCOc1nc(N)cc(=O)[nH]1.COCCOc1nc(N[N+](=O)[O-])c([N+](=O)[O-])c(=O)[nH]1.[2HH].[2H]I. The van der Waals surface area contributed by atoms with Crippen molar-refractivity contribution >= 4 is 52.6 Å². The normalized spacial score (nSPS) is 9.72. The van der Waals surface area contributed by atoms with Gasteiger partial charge in [0.15, 0.2) is 5.03 Å². The number of aromatic amines is 3. The number of rotatable bonds is 16. The second-order valence-corrected chi connectivity index (χ2v) is 8.06. The van der Waals surface area contributed by atoms with Gasteiger partial charge in [-0.1, -0.05) is 12.9 Å². The van der Waals surface area contributed by atoms with E-state index in [2.05, 4.69) is 29.7 Å². The van der Waals surface area contributed by atoms with E-state index in [-0.39, 0.29) is 52.1 Å². The molecule has 0 unspecified atom stereocenters. The Balaban J connectivity index is -0.000000673. The second-order valence-electron chi connectivity index (χ2n) is 8.06. The number of anilines is 3. The van der Waals surface area contributed by atoms with Gasteiger partial charge in [-0.25, -0.2) is 10.1 Å². The molecule has 0 atom stereocenters. The average molecular weight is 839 g/mol. The highest BCUT2D eigenvalue weighted by atomic mass is 127. The molecule has 0 saturated carbocycles. The Labute approximate surface area is 298 Å². The monoisotopic (exact) mass is 838 g/mol. The van der Waals surface area contributed by atoms with Crippen LogP contribution in [0, 0.1) is 30.3 Å². The summed E-state index contributed by atoms with van der Waals surface area (Å²) < 4.78 is 34.7. The zero-order chi connectivity index (χ0) is 38.2. The molecular weight excluding hydrogens is 799 g/mol. The van der Waals surface area contributed by atoms with Gasteiger partial charge < -0.3 is 39.9 Å². The van der Waals surface area contributed by atoms with E-state index in [4.69, 9.17) is 35.7 Å². The molecule has 0 saturated heterocycles. The highest BCUT2D eigenvalue weighted by Crippen LogP contribution is 2.18. The van der Waals surface area contributed by atoms with Crippen LogP contribution < -0.4 is 47.8 Å². The van der Waals surface area contributed by atoms with Crippen molar-refractivity contribution in [2.75, 3.05) is 77.9 Å². The summed E-state index contributed by atoms with van der Waals surface area (Å²) in [5.41, 5.74) is 7.71. The third kappa shape index (κ3) is 16.9. The number of hydrazine groups is 1. The van der Waals surface area contributed by atoms with Gasteiger partial charge in [0.25, 0.3) is 29.4 Å². The number of nitrogen functional groups attached to an aromatic ring is 2. The number of methoxy groups -OCH3 is 3. The third-order valence-electron chi connectivity index (χ3n) is 4.65. The van der Waals surface area contributed by atoms with E-state index in [1.165, 1.54) is 49.5 Å². The molecule has 8 N–H and O–H groups in total. The largest absolute Gasteiger partial charge is 0.462 e. The van der Waals surface area contributed by atoms with Crippen LogP contribution in [0.3, 0.4) is 0 Å². The van der Waals surface area contributed by atoms with E-state index in [1.807, 2.05) is 4.98 Å². The van der Waals surface area contributed by atoms with E-state index >= 15 is 0 Å². The Morgan fingerprint density at radius 1 is 0.760 bits per heavy atom. The van der Waals surface area contributed by atoms with Crippen molar-refractivity contribution in [1.29, 1.82) is 0.594 Å². The van der Waals surface area contributed by atoms with Crippen LogP contribution >= 0.6 is 23.8 Å². The topological polar surface area (TPSA) is 386 Å². The van der Waals surface area contributed by atoms with E-state index in [0.29, 0.717) is 19.8 Å². The fourth-order valence-electron chi connectivity index (χ4n) is 2.74. The highest BCUT2D eigenvalue weighted by Gasteiger charge is 2.26. The molecule has 3 rings (SSSR count). The molecular formula is C22H37IN12O15. The molecule has 28 heteroatoms. The number of halogens is 1. The summed E-state index contributed by atoms with van der Waals surface area (Å²) in [6, 6.07) is 0.729. The van der Waals surface area contributed by atoms with Crippen LogP contribution in [-0.2, 0) is 14.2 Å². The van der Waals surface area contributed by atoms with E-state index in [0.717, 1.165) is 0 Å². The Morgan fingerprint density at radius 2 is 1.18 bits per heavy atom. The summed E-state index contributed by atoms with van der Waals surface area (Å²) in [6.45, 7) is 1.38. The lowest BCUT2D eigenvalue weighted by Crippen LogP contribution is -2.21. The lowest BCUT2D eigenvalue weighted by molar-refractivity contribution is -0.447. The minimum Gasteiger partial charge on any atom is -0.462 e. The van der Waals surface area contributed by atoms with E-state index in [1.54, 1.807) is 7.11 Å². The molecule has 0 aromatic carbocycles. The molecule has 0 aliphatic carbocycles. The second kappa shape index (κ2) is 24.4. The predicted molar refractivity (Wildman–Crippen MR) is 184 cm³/mol. The fourth-order valence-corrected chi connectivity index (χ4v) is 2.74. The van der Waals surface area contributed by atoms with Crippen molar-refractivity contribution in [1.82, 2.24) is 29.9 Å². The zero-order valence-electron chi connectivity index (χ0n) is 26.7. The molecule has 282 valence electrons. The number of nitrogens with two attached hydrogens (primary N) is 2. The first-order valence-corrected chi connectivity index (χ1v) is 12.7. The van der Waals surface area contributed by atoms with Crippen molar-refractivity contribution in [2.45, 2.75) is 7.43 Å². The fraction of sp³-hybridized carbons (Fsp3) is 0.455. The summed E-state index contributed by atoms with van der Waals surface area (Å²) in [6.07, 6.45) is 0. The maximum absolute atomic E-state index is 11.4. The van der Waals surface area contributed by atoms with E-state index in [9.17, 15) is 44.7 Å². The maximum atomic E-state index is 11.4. The Bertz CT molecular complexity index is 1710. The van der Waals surface area contributed by atoms with Crippen LogP contribution in [0.4, 0.5) is 28.8 Å². The maximum Gasteiger partial charge on any atom is 0.381 e. The third-order valence-corrected chi connectivity index (χ3v) is 4.65. The average Bonchev–Trinajstić information content (AvgIpc) is 3.01. The Kier molecular flexibility index (Phi) is 21.6. The summed E-state index contributed by atoms with van der Waals surface area (Å²) in [5, 5.41) is 30.2. The molecule has 27 nitrogen and oxygen atoms in total. The standard InChI is InChI=1S/C7H9N5O7.C7H10N4O5.C7H11N3O3.CH4.HI.H2/c1-18-2-3-19-7-8-5(10-12(16)17)4(11(14)15)6(13)9-7;1-15-2-3-16-7-9-5(8)4(11(13)14)6(12)10-7;1-12-2-3-13-7-9-5(8)4-6(11)10-7;;;/h2-3H2,1H3,(H2,8,9,10,13);2-3H2,1H3,(H3,8,9,10,12);4H,2-3H2,1H3,(H3,8,9,10,11);1H4;2*1H/i;;;;;1+1/hD. The minimum absolute atomic E-state index is 0. The number of hydrogen-bond acceptors (Lipinski definition) is 20. The molecule has 0 spiro atoms. The van der Waals surface area contributed by atoms with Gasteiger partial charge in [-0.05, 0) is 0 Å². The van der Waals surface area contributed by atoms with Gasteiger partial charge in [-0.2, -0.15) is 15.0 Å². The first kappa shape index (κ1) is 44.2. The van der Waals surface area contributed by atoms with Crippen molar-refractivity contribution in [3.8, 4) is 18.0 Å². The number of aromatic nitrogens is 6. The van der Waals surface area contributed by atoms with Gasteiger partial charge in [-0.3, -0.25) is 49.6 Å². The first-order chi connectivity index (χ1) is 23.7. The Morgan fingerprint density at radius 3 is 1.56 bits per heavy atom. The summed E-state index contributed by atoms with van der Waals surface area (Å²) in [5.74, 6) is -1.16. The molecule has 0 fully saturated rings. The van der Waals surface area contributed by atoms with Gasteiger partial charge in [0.1, 0.15) is 26.2 Å². The van der Waals surface area contributed by atoms with Gasteiger partial charge >= 0.3 is 22.5 Å². The van der Waals surface area contributed by atoms with Crippen molar-refractivity contribution in [3.05, 3.63) is 67.5 Å². The molecule has 0 aliphatic rings. The number of nitrogens with one attached hydrogen (secondary N) is 4. The van der Waals surface area contributed by atoms with Crippen LogP contribution in [0.1, 0.15) is 8.85 Å². The van der Waals surface area contributed by atoms with Crippen LogP contribution in [-0.4, -0.2) is 106 Å². The van der Waals surface area contributed by atoms with Gasteiger partial charge in [0.05, 0.1) is 29.7 Å². The summed E-state index contributed by atoms with van der Waals surface area (Å²) in [7, 11) is 4.44. The lowest BCUT2D eigenvalue weighted by atomic mass is 10.5. The van der Waals surface area contributed by atoms with Crippen LogP contribution in [0.5, 0.6) is 18.0 Å². The quantitative estimate of drug-likeness (QED) is 0.0457. The minimum atomic E-state index is -1.17. The number of nitrogens with zero attached hydrogens (tertiary/aromatic N) is 6. The lowest BCUT2D eigenvalue weighted by Gasteiger charge is -2.05. The number of nitro groups is 3. The highest BCUT2D eigenvalue weighted by molar-refractivity contribution is 14.0. The molecule has 0 amide bonds. The molecule has 50 heavy (non-hydrogen) atoms. The van der Waals surface area contributed by atoms with Gasteiger partial charge in [0.2, 0.25) is 5.82 Å². The van der Waals surface area contributed by atoms with Gasteiger partial charge in [-0.15, -0.1) is 23.8 Å². The van der Waals surface area contributed by atoms with Crippen molar-refractivity contribution < 1.29 is 44.7 Å². The number of hydrogen-bond donors (Lipinski definition) is 6. The smallest absolute Gasteiger partial charge is 0.381 e. The van der Waals surface area contributed by atoms with Crippen LogP contribution in [0.25, 0.3) is 0 Å². The van der Waals surface area contributed by atoms with Crippen LogP contribution in [0.15, 0.2) is 20.4 Å².